The Kier molecular flexibility index (Phi) is 6.17. The van der Waals surface area contributed by atoms with Crippen molar-refractivity contribution in [3.05, 3.63) is 83.8 Å². The summed E-state index contributed by atoms with van der Waals surface area (Å²) in [6.45, 7) is 0.322. The van der Waals surface area contributed by atoms with Gasteiger partial charge in [0.15, 0.2) is 5.69 Å². The van der Waals surface area contributed by atoms with E-state index in [9.17, 15) is 9.59 Å². The summed E-state index contributed by atoms with van der Waals surface area (Å²) in [7, 11) is 0. The average Bonchev–Trinajstić information content (AvgIpc) is 3.19. The molecule has 2 aromatic carbocycles. The van der Waals surface area contributed by atoms with E-state index in [1.165, 1.54) is 6.33 Å². The number of anilines is 1. The van der Waals surface area contributed by atoms with Gasteiger partial charge in [0.1, 0.15) is 11.9 Å². The number of nitrogen functional groups attached to an aromatic ring is 1. The van der Waals surface area contributed by atoms with Gasteiger partial charge in [-0.25, -0.2) is 14.6 Å². The molecule has 0 unspecified atom stereocenters. The second-order valence-corrected chi connectivity index (χ2v) is 7.65. The third-order valence-corrected chi connectivity index (χ3v) is 5.79. The quantitative estimate of drug-likeness (QED) is 0.571. The molecular formula is C24H22N4O4. The Hall–Kier alpha value is -4.12. The lowest BCUT2D eigenvalue weighted by Crippen LogP contribution is -2.44. The Bertz CT molecular complexity index is 1140. The molecule has 8 nitrogen and oxygen atoms in total. The fourth-order valence-corrected chi connectivity index (χ4v) is 3.93. The Morgan fingerprint density at radius 2 is 1.56 bits per heavy atom. The van der Waals surface area contributed by atoms with E-state index in [1.54, 1.807) is 53.1 Å². The summed E-state index contributed by atoms with van der Waals surface area (Å²) in [5.74, 6) is -0.718. The number of carbonyl (C=O) groups excluding carboxylic acids is 2. The van der Waals surface area contributed by atoms with E-state index in [-0.39, 0.29) is 42.6 Å². The van der Waals surface area contributed by atoms with Gasteiger partial charge in [0.2, 0.25) is 0 Å². The van der Waals surface area contributed by atoms with E-state index in [1.807, 2.05) is 18.2 Å². The number of ether oxygens (including phenoxy) is 2. The number of rotatable bonds is 7. The summed E-state index contributed by atoms with van der Waals surface area (Å²) in [4.78, 5) is 28.8. The number of benzene rings is 2. The molecule has 1 fully saturated rings. The van der Waals surface area contributed by atoms with E-state index in [2.05, 4.69) is 4.98 Å². The molecule has 4 rings (SSSR count). The van der Waals surface area contributed by atoms with Crippen molar-refractivity contribution in [2.75, 3.05) is 18.9 Å². The molecule has 162 valence electrons. The average molecular weight is 430 g/mol. The summed E-state index contributed by atoms with van der Waals surface area (Å²) in [6.07, 6.45) is 2.18. The van der Waals surface area contributed by atoms with E-state index in [0.29, 0.717) is 17.5 Å². The van der Waals surface area contributed by atoms with Gasteiger partial charge in [0.25, 0.3) is 0 Å². The Morgan fingerprint density at radius 3 is 2.09 bits per heavy atom. The molecule has 3 atom stereocenters. The topological polar surface area (TPSA) is 120 Å². The smallest absolute Gasteiger partial charge is 0.338 e. The summed E-state index contributed by atoms with van der Waals surface area (Å²) in [6, 6.07) is 19.3. The zero-order valence-electron chi connectivity index (χ0n) is 17.3. The van der Waals surface area contributed by atoms with Gasteiger partial charge < -0.3 is 19.8 Å². The normalized spacial score (nSPS) is 19.4. The Balaban J connectivity index is 1.44. The highest BCUT2D eigenvalue weighted by molar-refractivity contribution is 5.89. The van der Waals surface area contributed by atoms with Crippen LogP contribution < -0.4 is 5.73 Å². The van der Waals surface area contributed by atoms with Crippen molar-refractivity contribution in [1.29, 1.82) is 5.26 Å². The number of nitriles is 1. The molecular weight excluding hydrogens is 408 g/mol. The molecule has 0 saturated heterocycles. The molecule has 3 aromatic rings. The van der Waals surface area contributed by atoms with Crippen molar-refractivity contribution in [1.82, 2.24) is 9.55 Å². The van der Waals surface area contributed by atoms with Crippen LogP contribution in [0.5, 0.6) is 0 Å². The molecule has 8 heteroatoms. The van der Waals surface area contributed by atoms with E-state index in [4.69, 9.17) is 20.5 Å². The third kappa shape index (κ3) is 4.32. The van der Waals surface area contributed by atoms with Gasteiger partial charge in [-0.05, 0) is 30.7 Å². The molecule has 0 amide bonds. The fourth-order valence-electron chi connectivity index (χ4n) is 3.93. The van der Waals surface area contributed by atoms with Gasteiger partial charge in [-0.2, -0.15) is 5.26 Å². The summed E-state index contributed by atoms with van der Waals surface area (Å²) in [5.41, 5.74) is 7.16. The number of esters is 2. The maximum absolute atomic E-state index is 12.4. The third-order valence-electron chi connectivity index (χ3n) is 5.79. The van der Waals surface area contributed by atoms with Crippen LogP contribution in [0.3, 0.4) is 0 Å². The van der Waals surface area contributed by atoms with E-state index >= 15 is 0 Å². The van der Waals surface area contributed by atoms with Crippen LogP contribution in [0.1, 0.15) is 38.9 Å². The molecule has 1 aliphatic carbocycles. The monoisotopic (exact) mass is 430 g/mol. The summed E-state index contributed by atoms with van der Waals surface area (Å²) in [5, 5.41) is 9.15. The first-order valence-corrected chi connectivity index (χ1v) is 10.2. The molecule has 32 heavy (non-hydrogen) atoms. The van der Waals surface area contributed by atoms with Gasteiger partial charge >= 0.3 is 11.9 Å². The highest BCUT2D eigenvalue weighted by Crippen LogP contribution is 2.46. The van der Waals surface area contributed by atoms with Gasteiger partial charge in [0.05, 0.1) is 30.7 Å². The number of hydrogen-bond acceptors (Lipinski definition) is 7. The van der Waals surface area contributed by atoms with Crippen molar-refractivity contribution in [3.8, 4) is 6.07 Å². The maximum Gasteiger partial charge on any atom is 0.338 e. The number of carbonyl (C=O) groups is 2. The number of nitrogens with two attached hydrogens (primary N) is 1. The highest BCUT2D eigenvalue weighted by atomic mass is 16.5. The SMILES string of the molecule is N#Cc1ncn([C@@H]2C[C@H](COC(=O)c3ccccc3)[C@H]2COC(=O)c2ccccc2)c1N. The van der Waals surface area contributed by atoms with Crippen LogP contribution in [-0.2, 0) is 9.47 Å². The fraction of sp³-hybridized carbons (Fsp3) is 0.250. The number of imidazole rings is 1. The van der Waals surface area contributed by atoms with Crippen LogP contribution in [0.15, 0.2) is 67.0 Å². The van der Waals surface area contributed by atoms with Gasteiger partial charge in [-0.3, -0.25) is 0 Å². The van der Waals surface area contributed by atoms with Crippen LogP contribution in [0, 0.1) is 23.2 Å². The Morgan fingerprint density at radius 1 is 1.00 bits per heavy atom. The predicted octanol–water partition coefficient (Wildman–Crippen LogP) is 3.23. The van der Waals surface area contributed by atoms with Gasteiger partial charge in [-0.1, -0.05) is 36.4 Å². The zero-order valence-corrected chi connectivity index (χ0v) is 17.3. The molecule has 1 aromatic heterocycles. The van der Waals surface area contributed by atoms with E-state index < -0.39 is 11.9 Å². The van der Waals surface area contributed by atoms with Crippen molar-refractivity contribution >= 4 is 17.8 Å². The van der Waals surface area contributed by atoms with Crippen molar-refractivity contribution in [3.63, 3.8) is 0 Å². The number of hydrogen-bond donors (Lipinski definition) is 1. The minimum absolute atomic E-state index is 0.0245. The number of nitrogens with zero attached hydrogens (tertiary/aromatic N) is 3. The molecule has 0 radical (unpaired) electrons. The van der Waals surface area contributed by atoms with Gasteiger partial charge in [0, 0.05) is 17.9 Å². The molecule has 0 aliphatic heterocycles. The molecule has 1 aliphatic rings. The van der Waals surface area contributed by atoms with Crippen LogP contribution >= 0.6 is 0 Å². The van der Waals surface area contributed by atoms with Crippen molar-refractivity contribution < 1.29 is 19.1 Å². The summed E-state index contributed by atoms with van der Waals surface area (Å²) >= 11 is 0. The van der Waals surface area contributed by atoms with E-state index in [0.717, 1.165) is 0 Å². The summed E-state index contributed by atoms with van der Waals surface area (Å²) < 4.78 is 12.8. The highest BCUT2D eigenvalue weighted by Gasteiger charge is 2.44. The maximum atomic E-state index is 12.4. The zero-order chi connectivity index (χ0) is 22.5. The molecule has 0 bridgehead atoms. The van der Waals surface area contributed by atoms with Crippen LogP contribution in [-0.4, -0.2) is 34.7 Å². The predicted molar refractivity (Wildman–Crippen MR) is 115 cm³/mol. The second-order valence-electron chi connectivity index (χ2n) is 7.65. The molecule has 0 spiro atoms. The van der Waals surface area contributed by atoms with Crippen molar-refractivity contribution in [2.24, 2.45) is 11.8 Å². The molecule has 1 heterocycles. The lowest BCUT2D eigenvalue weighted by Gasteiger charge is -2.44. The molecule has 2 N–H and O–H groups in total. The van der Waals surface area contributed by atoms with Gasteiger partial charge in [-0.15, -0.1) is 0 Å². The lowest BCUT2D eigenvalue weighted by molar-refractivity contribution is -0.0312. The number of aromatic nitrogens is 2. The lowest BCUT2D eigenvalue weighted by atomic mass is 9.69. The first kappa shape index (κ1) is 21.1. The first-order valence-electron chi connectivity index (χ1n) is 10.2. The minimum Gasteiger partial charge on any atom is -0.462 e. The largest absolute Gasteiger partial charge is 0.462 e. The minimum atomic E-state index is -0.424. The van der Waals surface area contributed by atoms with Crippen LogP contribution in [0.2, 0.25) is 0 Å². The van der Waals surface area contributed by atoms with Crippen molar-refractivity contribution in [2.45, 2.75) is 12.5 Å². The molecule has 1 saturated carbocycles. The first-order chi connectivity index (χ1) is 15.6. The van der Waals surface area contributed by atoms with Crippen LogP contribution in [0.25, 0.3) is 0 Å². The second kappa shape index (κ2) is 9.35. The standard InChI is InChI=1S/C24H22N4O4/c25-12-20-22(26)28(15-27-20)21-11-18(13-31-23(29)16-7-3-1-4-8-16)19(21)14-32-24(30)17-9-5-2-6-10-17/h1-10,15,18-19,21H,11,13-14,26H2/t18-,19-,21-/m1/s1. The van der Waals surface area contributed by atoms with Crippen LogP contribution in [0.4, 0.5) is 5.82 Å². The Labute approximate surface area is 185 Å².